The fraction of sp³-hybridized carbons (Fsp3) is 0.400. The van der Waals surface area contributed by atoms with E-state index in [4.69, 9.17) is 14.2 Å². The van der Waals surface area contributed by atoms with Crippen LogP contribution in [0.1, 0.15) is 57.4 Å². The Bertz CT molecular complexity index is 1440. The highest BCUT2D eigenvalue weighted by molar-refractivity contribution is 6.11. The number of para-hydroxylation sites is 4. The average molecular weight is 603 g/mol. The van der Waals surface area contributed by atoms with Gasteiger partial charge in [0.15, 0.2) is 0 Å². The van der Waals surface area contributed by atoms with Crippen molar-refractivity contribution in [1.29, 1.82) is 0 Å². The monoisotopic (exact) mass is 602 g/mol. The molecule has 44 heavy (non-hydrogen) atoms. The van der Waals surface area contributed by atoms with Gasteiger partial charge in [0.25, 0.3) is 0 Å². The Labute approximate surface area is 258 Å². The van der Waals surface area contributed by atoms with E-state index >= 15 is 0 Å². The van der Waals surface area contributed by atoms with Gasteiger partial charge in [-0.15, -0.1) is 0 Å². The zero-order valence-corrected chi connectivity index (χ0v) is 25.8. The van der Waals surface area contributed by atoms with E-state index in [0.717, 1.165) is 25.7 Å². The lowest BCUT2D eigenvalue weighted by Crippen LogP contribution is -2.56. The number of carbonyl (C=O) groups is 3. The lowest BCUT2D eigenvalue weighted by Gasteiger charge is -2.44. The van der Waals surface area contributed by atoms with Crippen LogP contribution in [-0.4, -0.2) is 49.1 Å². The van der Waals surface area contributed by atoms with E-state index in [-0.39, 0.29) is 6.42 Å². The quantitative estimate of drug-likeness (QED) is 0.162. The van der Waals surface area contributed by atoms with Crippen molar-refractivity contribution in [3.05, 3.63) is 78.4 Å². The molecule has 4 rings (SSSR count). The lowest BCUT2D eigenvalue weighted by molar-refractivity contribution is -0.150. The number of hydrogen-bond donors (Lipinski definition) is 3. The molecule has 3 N–H and O–H groups in total. The van der Waals surface area contributed by atoms with Gasteiger partial charge < -0.3 is 30.0 Å². The van der Waals surface area contributed by atoms with E-state index in [1.165, 1.54) is 21.1 Å². The van der Waals surface area contributed by atoms with Gasteiger partial charge in [-0.05, 0) is 55.3 Å². The summed E-state index contributed by atoms with van der Waals surface area (Å²) in [5.41, 5.74) is -0.389. The molecule has 9 nitrogen and oxygen atoms in total. The predicted molar refractivity (Wildman–Crippen MR) is 169 cm³/mol. The minimum Gasteiger partial charge on any atom is -0.495 e. The Morgan fingerprint density at radius 1 is 0.841 bits per heavy atom. The molecule has 234 valence electrons. The molecule has 2 amide bonds. The maximum atomic E-state index is 14.0. The summed E-state index contributed by atoms with van der Waals surface area (Å²) in [5.74, 6) is -3.51. The standard InChI is InChI=1S/C35H42N2O7/c1-5-6-7-12-21-44-24-19-17-23(18-20-24)30-31(33(39)36-25-13-8-10-15-28(25)42-3)27(38)22-35(2,41)32(30)34(40)37-26-14-9-11-16-29(26)43-4/h8-11,13-20,30-32,41H,5-7,12,21-22H2,1-4H3,(H,36,39)(H,37,40). The molecule has 0 saturated heterocycles. The van der Waals surface area contributed by atoms with Gasteiger partial charge in [-0.1, -0.05) is 62.6 Å². The minimum atomic E-state index is -1.75. The van der Waals surface area contributed by atoms with Crippen LogP contribution in [0, 0.1) is 11.8 Å². The molecule has 0 bridgehead atoms. The van der Waals surface area contributed by atoms with Crippen molar-refractivity contribution < 1.29 is 33.7 Å². The lowest BCUT2D eigenvalue weighted by atomic mass is 9.61. The summed E-state index contributed by atoms with van der Waals surface area (Å²) >= 11 is 0. The third-order valence-corrected chi connectivity index (χ3v) is 8.09. The number of benzene rings is 3. The van der Waals surface area contributed by atoms with Crippen molar-refractivity contribution in [2.45, 2.75) is 57.5 Å². The summed E-state index contributed by atoms with van der Waals surface area (Å²) in [5, 5.41) is 17.3. The van der Waals surface area contributed by atoms with Crippen LogP contribution in [0.2, 0.25) is 0 Å². The molecule has 0 spiro atoms. The third kappa shape index (κ3) is 7.58. The van der Waals surface area contributed by atoms with Gasteiger partial charge in [-0.25, -0.2) is 0 Å². The van der Waals surface area contributed by atoms with Crippen molar-refractivity contribution in [3.8, 4) is 17.2 Å². The first-order valence-corrected chi connectivity index (χ1v) is 15.1. The highest BCUT2D eigenvalue weighted by atomic mass is 16.5. The van der Waals surface area contributed by atoms with Crippen LogP contribution in [0.15, 0.2) is 72.8 Å². The molecule has 9 heteroatoms. The Hall–Kier alpha value is -4.37. The van der Waals surface area contributed by atoms with Gasteiger partial charge in [0.1, 0.15) is 28.9 Å². The van der Waals surface area contributed by atoms with Gasteiger partial charge in [0.2, 0.25) is 11.8 Å². The number of aliphatic hydroxyl groups is 1. The number of methoxy groups -OCH3 is 2. The number of ether oxygens (including phenoxy) is 3. The van der Waals surface area contributed by atoms with Crippen molar-refractivity contribution in [2.24, 2.45) is 11.8 Å². The number of carbonyl (C=O) groups excluding carboxylic acids is 3. The van der Waals surface area contributed by atoms with Crippen LogP contribution in [0.3, 0.4) is 0 Å². The summed E-state index contributed by atoms with van der Waals surface area (Å²) in [4.78, 5) is 41.6. The molecule has 4 atom stereocenters. The zero-order chi connectivity index (χ0) is 31.7. The van der Waals surface area contributed by atoms with E-state index in [1.807, 2.05) is 0 Å². The van der Waals surface area contributed by atoms with E-state index < -0.39 is 41.0 Å². The first kappa shape index (κ1) is 32.5. The summed E-state index contributed by atoms with van der Waals surface area (Å²) in [6.07, 6.45) is 3.92. The molecule has 1 saturated carbocycles. The van der Waals surface area contributed by atoms with Crippen molar-refractivity contribution >= 4 is 29.0 Å². The average Bonchev–Trinajstić information content (AvgIpc) is 3.00. The molecule has 0 aliphatic heterocycles. The van der Waals surface area contributed by atoms with Crippen LogP contribution in [0.25, 0.3) is 0 Å². The molecular weight excluding hydrogens is 560 g/mol. The van der Waals surface area contributed by atoms with Gasteiger partial charge >= 0.3 is 0 Å². The maximum Gasteiger partial charge on any atom is 0.235 e. The maximum absolute atomic E-state index is 14.0. The molecule has 0 heterocycles. The first-order chi connectivity index (χ1) is 21.2. The Morgan fingerprint density at radius 2 is 1.41 bits per heavy atom. The molecule has 4 unspecified atom stereocenters. The number of rotatable bonds is 13. The molecule has 3 aromatic carbocycles. The van der Waals surface area contributed by atoms with Gasteiger partial charge in [0.05, 0.1) is 43.7 Å². The normalized spacial score (nSPS) is 21.3. The molecule has 1 fully saturated rings. The molecule has 1 aliphatic rings. The zero-order valence-electron chi connectivity index (χ0n) is 25.8. The number of nitrogens with one attached hydrogen (secondary N) is 2. The highest BCUT2D eigenvalue weighted by Gasteiger charge is 2.56. The van der Waals surface area contributed by atoms with Crippen molar-refractivity contribution in [2.75, 3.05) is 31.5 Å². The molecule has 0 aromatic heterocycles. The van der Waals surface area contributed by atoms with E-state index in [9.17, 15) is 19.5 Å². The summed E-state index contributed by atoms with van der Waals surface area (Å²) in [6, 6.07) is 20.9. The first-order valence-electron chi connectivity index (χ1n) is 15.1. The number of Topliss-reactive ketones (excluding diaryl/α,β-unsaturated/α-hetero) is 1. The second-order valence-corrected chi connectivity index (χ2v) is 11.3. The van der Waals surface area contributed by atoms with Crippen molar-refractivity contribution in [3.63, 3.8) is 0 Å². The van der Waals surface area contributed by atoms with Gasteiger partial charge in [-0.3, -0.25) is 14.4 Å². The summed E-state index contributed by atoms with van der Waals surface area (Å²) in [7, 11) is 2.98. The fourth-order valence-electron chi connectivity index (χ4n) is 5.91. The minimum absolute atomic E-state index is 0.378. The van der Waals surface area contributed by atoms with E-state index in [2.05, 4.69) is 17.6 Å². The third-order valence-electron chi connectivity index (χ3n) is 8.09. The van der Waals surface area contributed by atoms with Crippen LogP contribution in [-0.2, 0) is 14.4 Å². The second-order valence-electron chi connectivity index (χ2n) is 11.3. The van der Waals surface area contributed by atoms with Crippen LogP contribution < -0.4 is 24.8 Å². The summed E-state index contributed by atoms with van der Waals surface area (Å²) < 4.78 is 16.7. The second kappa shape index (κ2) is 14.9. The van der Waals surface area contributed by atoms with E-state index in [0.29, 0.717) is 40.8 Å². The summed E-state index contributed by atoms with van der Waals surface area (Å²) in [6.45, 7) is 4.19. The molecule has 3 aromatic rings. The van der Waals surface area contributed by atoms with Gasteiger partial charge in [-0.2, -0.15) is 0 Å². The van der Waals surface area contributed by atoms with Crippen LogP contribution in [0.4, 0.5) is 11.4 Å². The van der Waals surface area contributed by atoms with Gasteiger partial charge in [0, 0.05) is 12.3 Å². The van der Waals surface area contributed by atoms with Crippen LogP contribution in [0.5, 0.6) is 17.2 Å². The molecule has 1 aliphatic carbocycles. The predicted octanol–water partition coefficient (Wildman–Crippen LogP) is 5.98. The van der Waals surface area contributed by atoms with Crippen molar-refractivity contribution in [1.82, 2.24) is 0 Å². The fourth-order valence-corrected chi connectivity index (χ4v) is 5.91. The topological polar surface area (TPSA) is 123 Å². The number of amides is 2. The number of hydrogen-bond acceptors (Lipinski definition) is 7. The SMILES string of the molecule is CCCCCCOc1ccc(C2C(C(=O)Nc3ccccc3OC)C(=O)CC(C)(O)C2C(=O)Nc2ccccc2OC)cc1. The largest absolute Gasteiger partial charge is 0.495 e. The Kier molecular flexibility index (Phi) is 11.0. The molecule has 0 radical (unpaired) electrons. The van der Waals surface area contributed by atoms with Crippen LogP contribution >= 0.6 is 0 Å². The Balaban J connectivity index is 1.71. The Morgan fingerprint density at radius 3 is 1.98 bits per heavy atom. The smallest absolute Gasteiger partial charge is 0.235 e. The highest BCUT2D eigenvalue weighted by Crippen LogP contribution is 2.47. The number of ketones is 1. The number of unbranched alkanes of at least 4 members (excludes halogenated alkanes) is 3. The van der Waals surface area contributed by atoms with E-state index in [1.54, 1.807) is 72.8 Å². The number of anilines is 2. The molecular formula is C35H42N2O7.